The topological polar surface area (TPSA) is 61.9 Å². The molecule has 2 aliphatic rings. The molecule has 1 fully saturated rings. The molecule has 0 saturated carbocycles. The molecule has 3 aromatic carbocycles. The average Bonchev–Trinajstić information content (AvgIpc) is 2.90. The predicted molar refractivity (Wildman–Crippen MR) is 139 cm³/mol. The maximum Gasteiger partial charge on any atom is 0.245 e. The first-order valence-corrected chi connectivity index (χ1v) is 12.2. The van der Waals surface area contributed by atoms with Gasteiger partial charge in [-0.1, -0.05) is 54.1 Å². The lowest BCUT2D eigenvalue weighted by Gasteiger charge is -2.42. The Morgan fingerprint density at radius 3 is 2.29 bits per heavy atom. The van der Waals surface area contributed by atoms with Crippen LogP contribution in [-0.2, 0) is 16.8 Å². The molecule has 3 aromatic rings. The number of halogens is 1. The lowest BCUT2D eigenvalue weighted by atomic mass is 9.71. The number of carbonyl (C=O) groups excluding carboxylic acids is 2. The van der Waals surface area contributed by atoms with E-state index in [9.17, 15) is 9.59 Å². The quantitative estimate of drug-likeness (QED) is 0.537. The first-order chi connectivity index (χ1) is 16.9. The Bertz CT molecular complexity index is 1260. The number of piperazine rings is 1. The predicted octanol–water partition coefficient (Wildman–Crippen LogP) is 4.45. The molecule has 2 aliphatic heterocycles. The summed E-state index contributed by atoms with van der Waals surface area (Å²) in [6.07, 6.45) is 0. The largest absolute Gasteiger partial charge is 0.497 e. The Labute approximate surface area is 210 Å². The van der Waals surface area contributed by atoms with Crippen molar-refractivity contribution in [2.45, 2.75) is 18.9 Å². The Balaban J connectivity index is 1.71. The van der Waals surface area contributed by atoms with Crippen LogP contribution in [0, 0.1) is 0 Å². The molecule has 5 rings (SSSR count). The second kappa shape index (κ2) is 9.36. The van der Waals surface area contributed by atoms with Crippen LogP contribution in [0.5, 0.6) is 5.75 Å². The van der Waals surface area contributed by atoms with Crippen LogP contribution in [0.25, 0.3) is 0 Å². The van der Waals surface area contributed by atoms with E-state index in [1.807, 2.05) is 36.4 Å². The maximum atomic E-state index is 14.3. The van der Waals surface area contributed by atoms with Gasteiger partial charge in [-0.05, 0) is 42.3 Å². The van der Waals surface area contributed by atoms with Crippen molar-refractivity contribution >= 4 is 34.7 Å². The summed E-state index contributed by atoms with van der Waals surface area (Å²) in [4.78, 5) is 32.4. The molecule has 1 amide bonds. The van der Waals surface area contributed by atoms with Crippen molar-refractivity contribution in [1.82, 2.24) is 5.32 Å². The van der Waals surface area contributed by atoms with Gasteiger partial charge in [0.05, 0.1) is 30.6 Å². The summed E-state index contributed by atoms with van der Waals surface area (Å²) in [6, 6.07) is 20.6. The highest BCUT2D eigenvalue weighted by Crippen LogP contribution is 2.46. The summed E-state index contributed by atoms with van der Waals surface area (Å²) in [5, 5.41) is 3.86. The monoisotopic (exact) mass is 489 g/mol. The molecule has 2 heterocycles. The van der Waals surface area contributed by atoms with Gasteiger partial charge in [-0.2, -0.15) is 0 Å². The van der Waals surface area contributed by atoms with Crippen LogP contribution in [0.2, 0.25) is 5.02 Å². The molecule has 35 heavy (non-hydrogen) atoms. The van der Waals surface area contributed by atoms with E-state index in [0.717, 1.165) is 37.4 Å². The van der Waals surface area contributed by atoms with Crippen molar-refractivity contribution in [2.75, 3.05) is 43.1 Å². The molecule has 0 bridgehead atoms. The molecule has 180 valence electrons. The van der Waals surface area contributed by atoms with Crippen molar-refractivity contribution in [3.05, 3.63) is 88.4 Å². The van der Waals surface area contributed by atoms with Gasteiger partial charge >= 0.3 is 0 Å². The van der Waals surface area contributed by atoms with Gasteiger partial charge in [0, 0.05) is 31.2 Å². The Hall–Kier alpha value is -3.35. The lowest BCUT2D eigenvalue weighted by molar-refractivity contribution is -0.122. The fourth-order valence-electron chi connectivity index (χ4n) is 5.01. The van der Waals surface area contributed by atoms with Gasteiger partial charge in [-0.15, -0.1) is 0 Å². The highest BCUT2D eigenvalue weighted by atomic mass is 35.5. The number of hydrogen-bond acceptors (Lipinski definition) is 5. The summed E-state index contributed by atoms with van der Waals surface area (Å²) >= 11 is 6.58. The maximum absolute atomic E-state index is 14.3. The summed E-state index contributed by atoms with van der Waals surface area (Å²) in [5.74, 6) is 0.192. The third-order valence-corrected chi connectivity index (χ3v) is 7.23. The number of ether oxygens (including phenoxy) is 1. The van der Waals surface area contributed by atoms with Crippen LogP contribution in [-0.4, -0.2) is 45.0 Å². The normalized spacial score (nSPS) is 20.1. The van der Waals surface area contributed by atoms with E-state index in [-0.39, 0.29) is 11.7 Å². The number of nitrogens with zero attached hydrogens (tertiary/aromatic N) is 2. The fourth-order valence-corrected chi connectivity index (χ4v) is 5.21. The highest BCUT2D eigenvalue weighted by Gasteiger charge is 2.52. The van der Waals surface area contributed by atoms with E-state index in [2.05, 4.69) is 10.2 Å². The number of methoxy groups -OCH3 is 1. The molecular weight excluding hydrogens is 462 g/mol. The van der Waals surface area contributed by atoms with Crippen LogP contribution in [0.15, 0.2) is 66.7 Å². The number of benzene rings is 3. The highest BCUT2D eigenvalue weighted by molar-refractivity contribution is 6.34. The van der Waals surface area contributed by atoms with Crippen molar-refractivity contribution in [1.29, 1.82) is 0 Å². The van der Waals surface area contributed by atoms with E-state index in [0.29, 0.717) is 34.1 Å². The van der Waals surface area contributed by atoms with Crippen molar-refractivity contribution in [3.63, 3.8) is 0 Å². The first-order valence-electron chi connectivity index (χ1n) is 11.8. The van der Waals surface area contributed by atoms with Gasteiger partial charge in [0.25, 0.3) is 0 Å². The van der Waals surface area contributed by atoms with Gasteiger partial charge in [0.2, 0.25) is 5.91 Å². The molecule has 0 aromatic heterocycles. The summed E-state index contributed by atoms with van der Waals surface area (Å²) < 4.78 is 5.30. The number of ketones is 1. The number of rotatable bonds is 5. The molecule has 0 spiro atoms. The molecule has 1 unspecified atom stereocenters. The Morgan fingerprint density at radius 2 is 1.63 bits per heavy atom. The summed E-state index contributed by atoms with van der Waals surface area (Å²) in [7, 11) is 1.59. The van der Waals surface area contributed by atoms with Crippen molar-refractivity contribution in [3.8, 4) is 5.75 Å². The van der Waals surface area contributed by atoms with Gasteiger partial charge in [-0.3, -0.25) is 9.59 Å². The number of anilines is 2. The number of hydrogen-bond donors (Lipinski definition) is 1. The van der Waals surface area contributed by atoms with Gasteiger partial charge in [0.15, 0.2) is 5.78 Å². The smallest absolute Gasteiger partial charge is 0.245 e. The van der Waals surface area contributed by atoms with Crippen molar-refractivity contribution in [2.24, 2.45) is 0 Å². The lowest BCUT2D eigenvalue weighted by Crippen LogP contribution is -2.55. The molecule has 0 radical (unpaired) electrons. The first kappa shape index (κ1) is 23.4. The molecule has 1 saturated heterocycles. The van der Waals surface area contributed by atoms with Gasteiger partial charge in [-0.25, -0.2) is 0 Å². The van der Waals surface area contributed by atoms with E-state index >= 15 is 0 Å². The third kappa shape index (κ3) is 4.07. The second-order valence-corrected chi connectivity index (χ2v) is 9.55. The Kier molecular flexibility index (Phi) is 6.26. The number of fused-ring (bicyclic) bond motifs is 1. The molecule has 6 nitrogen and oxygen atoms in total. The zero-order chi connectivity index (χ0) is 24.6. The number of nitrogens with one attached hydrogen (secondary N) is 1. The van der Waals surface area contributed by atoms with Crippen LogP contribution >= 0.6 is 11.6 Å². The van der Waals surface area contributed by atoms with Crippen LogP contribution in [0.4, 0.5) is 11.4 Å². The fraction of sp³-hybridized carbons (Fsp3) is 0.286. The van der Waals surface area contributed by atoms with E-state index in [1.165, 1.54) is 0 Å². The second-order valence-electron chi connectivity index (χ2n) is 9.12. The zero-order valence-corrected chi connectivity index (χ0v) is 20.6. The number of amides is 1. The number of Topliss-reactive ketones (excluding diaryl/α,β-unsaturated/α-hetero) is 1. The molecule has 7 heteroatoms. The zero-order valence-electron chi connectivity index (χ0n) is 19.9. The summed E-state index contributed by atoms with van der Waals surface area (Å²) in [6.45, 7) is 5.22. The van der Waals surface area contributed by atoms with Crippen LogP contribution in [0.1, 0.15) is 28.4 Å². The Morgan fingerprint density at radius 1 is 0.971 bits per heavy atom. The molecule has 1 N–H and O–H groups in total. The third-order valence-electron chi connectivity index (χ3n) is 7.01. The van der Waals surface area contributed by atoms with Crippen LogP contribution < -0.4 is 19.9 Å². The molecular formula is C28H28ClN3O3. The van der Waals surface area contributed by atoms with Crippen LogP contribution in [0.3, 0.4) is 0 Å². The minimum absolute atomic E-state index is 0.211. The molecule has 1 atom stereocenters. The van der Waals surface area contributed by atoms with E-state index in [1.54, 1.807) is 49.3 Å². The van der Waals surface area contributed by atoms with E-state index < -0.39 is 5.41 Å². The minimum atomic E-state index is -1.38. The van der Waals surface area contributed by atoms with E-state index in [4.69, 9.17) is 16.3 Å². The van der Waals surface area contributed by atoms with Crippen molar-refractivity contribution < 1.29 is 14.3 Å². The minimum Gasteiger partial charge on any atom is -0.497 e. The SMILES string of the molecule is COc1ccc(C2(C)C(=O)c3c(N4CCNCC4)cc(Cl)cc3N(Cc3ccccc3)C2=O)cc1. The summed E-state index contributed by atoms with van der Waals surface area (Å²) in [5.41, 5.74) is 2.12. The standard InChI is InChI=1S/C28H28ClN3O3/c1-28(20-8-10-22(35-2)11-9-20)26(33)25-23(31-14-12-30-13-15-31)16-21(29)17-24(25)32(27(28)34)18-19-6-4-3-5-7-19/h3-11,16-17,30H,12-15,18H2,1-2H3. The van der Waals surface area contributed by atoms with Gasteiger partial charge < -0.3 is 19.9 Å². The average molecular weight is 490 g/mol. The number of carbonyl (C=O) groups is 2. The van der Waals surface area contributed by atoms with Gasteiger partial charge in [0.1, 0.15) is 11.2 Å². The molecule has 0 aliphatic carbocycles.